The monoisotopic (exact) mass is 281 g/mol. The van der Waals surface area contributed by atoms with Crippen molar-refractivity contribution in [2.45, 2.75) is 25.9 Å². The zero-order valence-corrected chi connectivity index (χ0v) is 11.8. The Morgan fingerprint density at radius 3 is 2.60 bits per heavy atom. The van der Waals surface area contributed by atoms with Crippen LogP contribution in [0.1, 0.15) is 30.1 Å². The molecule has 0 aliphatic rings. The fraction of sp³-hybridized carbons (Fsp3) is 0.429. The Morgan fingerprint density at radius 2 is 2.05 bits per heavy atom. The maximum atomic E-state index is 11.8. The van der Waals surface area contributed by atoms with Crippen LogP contribution in [0.5, 0.6) is 5.75 Å². The second kappa shape index (κ2) is 7.49. The lowest BCUT2D eigenvalue weighted by Crippen LogP contribution is -2.17. The van der Waals surface area contributed by atoms with E-state index in [1.54, 1.807) is 7.11 Å². The minimum absolute atomic E-state index is 0.0231. The van der Waals surface area contributed by atoms with E-state index in [1.807, 2.05) is 6.92 Å². The van der Waals surface area contributed by atoms with Crippen LogP contribution in [0.2, 0.25) is 0 Å². The Balaban J connectivity index is 2.79. The van der Waals surface area contributed by atoms with E-state index in [4.69, 9.17) is 14.6 Å². The maximum Gasteiger partial charge on any atom is 0.337 e. The third-order valence-corrected chi connectivity index (χ3v) is 2.91. The molecule has 6 heteroatoms. The van der Waals surface area contributed by atoms with Crippen molar-refractivity contribution >= 4 is 17.6 Å². The third kappa shape index (κ3) is 4.55. The summed E-state index contributed by atoms with van der Waals surface area (Å²) in [5.74, 6) is -0.881. The fourth-order valence-electron chi connectivity index (χ4n) is 1.61. The molecular weight excluding hydrogens is 262 g/mol. The second-order valence-corrected chi connectivity index (χ2v) is 4.35. The van der Waals surface area contributed by atoms with Crippen LogP contribution < -0.4 is 10.1 Å². The van der Waals surface area contributed by atoms with Gasteiger partial charge in [-0.1, -0.05) is 0 Å². The van der Waals surface area contributed by atoms with Crippen molar-refractivity contribution in [3.8, 4) is 5.75 Å². The predicted octanol–water partition coefficient (Wildman–Crippen LogP) is 2.15. The molecule has 0 aliphatic heterocycles. The summed E-state index contributed by atoms with van der Waals surface area (Å²) in [7, 11) is 3.05. The van der Waals surface area contributed by atoms with E-state index in [-0.39, 0.29) is 29.7 Å². The fourth-order valence-corrected chi connectivity index (χ4v) is 1.61. The summed E-state index contributed by atoms with van der Waals surface area (Å²) in [4.78, 5) is 22.9. The molecule has 1 unspecified atom stereocenters. The van der Waals surface area contributed by atoms with E-state index in [0.717, 1.165) is 0 Å². The quantitative estimate of drug-likeness (QED) is 0.800. The smallest absolute Gasteiger partial charge is 0.337 e. The van der Waals surface area contributed by atoms with E-state index in [2.05, 4.69) is 5.32 Å². The Kier molecular flexibility index (Phi) is 5.99. The molecule has 0 radical (unpaired) electrons. The van der Waals surface area contributed by atoms with Gasteiger partial charge in [0.05, 0.1) is 24.5 Å². The number of ether oxygens (including phenoxy) is 2. The summed E-state index contributed by atoms with van der Waals surface area (Å²) >= 11 is 0. The molecule has 6 nitrogen and oxygen atoms in total. The van der Waals surface area contributed by atoms with Gasteiger partial charge in [-0.15, -0.1) is 0 Å². The van der Waals surface area contributed by atoms with Gasteiger partial charge in [-0.25, -0.2) is 4.79 Å². The molecule has 20 heavy (non-hydrogen) atoms. The molecule has 1 rings (SSSR count). The highest BCUT2D eigenvalue weighted by atomic mass is 16.5. The van der Waals surface area contributed by atoms with Crippen molar-refractivity contribution in [1.82, 2.24) is 0 Å². The van der Waals surface area contributed by atoms with Crippen LogP contribution in [0.25, 0.3) is 0 Å². The number of carboxylic acids is 1. The average molecular weight is 281 g/mol. The number of methoxy groups -OCH3 is 2. The van der Waals surface area contributed by atoms with E-state index < -0.39 is 5.97 Å². The van der Waals surface area contributed by atoms with Gasteiger partial charge < -0.3 is 19.9 Å². The van der Waals surface area contributed by atoms with Crippen molar-refractivity contribution in [2.24, 2.45) is 0 Å². The molecule has 0 bridgehead atoms. The van der Waals surface area contributed by atoms with Gasteiger partial charge in [0, 0.05) is 19.6 Å². The van der Waals surface area contributed by atoms with Gasteiger partial charge in [-0.2, -0.15) is 0 Å². The number of hydrogen-bond donors (Lipinski definition) is 2. The molecule has 110 valence electrons. The van der Waals surface area contributed by atoms with E-state index >= 15 is 0 Å². The first-order valence-corrected chi connectivity index (χ1v) is 6.22. The van der Waals surface area contributed by atoms with Crippen LogP contribution in [-0.2, 0) is 9.53 Å². The maximum absolute atomic E-state index is 11.8. The summed E-state index contributed by atoms with van der Waals surface area (Å²) < 4.78 is 10.1. The lowest BCUT2D eigenvalue weighted by Gasteiger charge is -2.12. The number of benzene rings is 1. The second-order valence-electron chi connectivity index (χ2n) is 4.35. The molecular formula is C14H19NO5. The van der Waals surface area contributed by atoms with Gasteiger partial charge in [0.15, 0.2) is 0 Å². The summed E-state index contributed by atoms with van der Waals surface area (Å²) in [5.41, 5.74) is 0.255. The first-order chi connectivity index (χ1) is 9.47. The third-order valence-electron chi connectivity index (χ3n) is 2.91. The number of carbonyl (C=O) groups is 2. The van der Waals surface area contributed by atoms with E-state index in [1.165, 1.54) is 25.3 Å². The number of carboxylic acid groups (broad SMARTS) is 1. The van der Waals surface area contributed by atoms with Crippen molar-refractivity contribution in [3.05, 3.63) is 23.8 Å². The number of amides is 1. The standard InChI is InChI=1S/C14H19NO5/c1-9(19-2)4-7-13(16)15-12-8-10(20-3)5-6-11(12)14(17)18/h5-6,8-9H,4,7H2,1-3H3,(H,15,16)(H,17,18). The first kappa shape index (κ1) is 16.0. The first-order valence-electron chi connectivity index (χ1n) is 6.22. The van der Waals surface area contributed by atoms with Crippen molar-refractivity contribution < 1.29 is 24.2 Å². The van der Waals surface area contributed by atoms with Gasteiger partial charge in [0.25, 0.3) is 0 Å². The van der Waals surface area contributed by atoms with Crippen LogP contribution in [0.4, 0.5) is 5.69 Å². The summed E-state index contributed by atoms with van der Waals surface area (Å²) in [6.07, 6.45) is 0.796. The summed E-state index contributed by atoms with van der Waals surface area (Å²) in [6, 6.07) is 4.42. The molecule has 0 heterocycles. The molecule has 0 saturated carbocycles. The zero-order chi connectivity index (χ0) is 15.1. The average Bonchev–Trinajstić information content (AvgIpc) is 2.44. The van der Waals surface area contributed by atoms with Gasteiger partial charge in [-0.3, -0.25) is 4.79 Å². The molecule has 0 aromatic heterocycles. The van der Waals surface area contributed by atoms with Gasteiger partial charge in [0.1, 0.15) is 5.75 Å². The van der Waals surface area contributed by atoms with Gasteiger partial charge in [-0.05, 0) is 25.5 Å². The summed E-state index contributed by atoms with van der Waals surface area (Å²) in [5, 5.41) is 11.7. The van der Waals surface area contributed by atoms with E-state index in [0.29, 0.717) is 12.2 Å². The van der Waals surface area contributed by atoms with Gasteiger partial charge >= 0.3 is 5.97 Å². The van der Waals surface area contributed by atoms with Crippen LogP contribution in [0, 0.1) is 0 Å². The van der Waals surface area contributed by atoms with Crippen molar-refractivity contribution in [1.29, 1.82) is 0 Å². The number of rotatable bonds is 7. The zero-order valence-electron chi connectivity index (χ0n) is 11.8. The van der Waals surface area contributed by atoms with E-state index in [9.17, 15) is 9.59 Å². The topological polar surface area (TPSA) is 84.9 Å². The highest BCUT2D eigenvalue weighted by Crippen LogP contribution is 2.23. The molecule has 1 atom stereocenters. The number of anilines is 1. The number of nitrogens with one attached hydrogen (secondary N) is 1. The number of aromatic carboxylic acids is 1. The molecule has 0 saturated heterocycles. The predicted molar refractivity (Wildman–Crippen MR) is 74.3 cm³/mol. The normalized spacial score (nSPS) is 11.8. The van der Waals surface area contributed by atoms with Crippen LogP contribution in [0.15, 0.2) is 18.2 Å². The Morgan fingerprint density at radius 1 is 1.35 bits per heavy atom. The molecule has 0 aliphatic carbocycles. The minimum Gasteiger partial charge on any atom is -0.497 e. The SMILES string of the molecule is COc1ccc(C(=O)O)c(NC(=O)CCC(C)OC)c1. The lowest BCUT2D eigenvalue weighted by atomic mass is 10.1. The Hall–Kier alpha value is -2.08. The Bertz CT molecular complexity index is 486. The highest BCUT2D eigenvalue weighted by Gasteiger charge is 2.14. The Labute approximate surface area is 117 Å². The molecule has 2 N–H and O–H groups in total. The minimum atomic E-state index is -1.10. The van der Waals surface area contributed by atoms with Crippen molar-refractivity contribution in [3.63, 3.8) is 0 Å². The molecule has 1 amide bonds. The molecule has 0 spiro atoms. The number of hydrogen-bond acceptors (Lipinski definition) is 4. The largest absolute Gasteiger partial charge is 0.497 e. The number of carbonyl (C=O) groups excluding carboxylic acids is 1. The van der Waals surface area contributed by atoms with Crippen molar-refractivity contribution in [2.75, 3.05) is 19.5 Å². The molecule has 0 fully saturated rings. The van der Waals surface area contributed by atoms with Gasteiger partial charge in [0.2, 0.25) is 5.91 Å². The molecule has 1 aromatic rings. The van der Waals surface area contributed by atoms with Crippen LogP contribution >= 0.6 is 0 Å². The lowest BCUT2D eigenvalue weighted by molar-refractivity contribution is -0.116. The van der Waals surface area contributed by atoms with Crippen LogP contribution in [-0.4, -0.2) is 37.3 Å². The molecule has 1 aromatic carbocycles. The highest BCUT2D eigenvalue weighted by molar-refractivity contribution is 6.00. The van der Waals surface area contributed by atoms with Crippen LogP contribution in [0.3, 0.4) is 0 Å². The summed E-state index contributed by atoms with van der Waals surface area (Å²) in [6.45, 7) is 1.86.